The molecule has 13 heteroatoms. The third-order valence-corrected chi connectivity index (χ3v) is 7.14. The van der Waals surface area contributed by atoms with E-state index in [2.05, 4.69) is 0 Å². The van der Waals surface area contributed by atoms with E-state index >= 15 is 0 Å². The average molecular weight is 476 g/mol. The summed E-state index contributed by atoms with van der Waals surface area (Å²) in [6.45, 7) is 0. The normalized spacial score (nSPS) is 13.6. The van der Waals surface area contributed by atoms with Gasteiger partial charge in [0.2, 0.25) is 0 Å². The number of benzene rings is 1. The number of hydrogen-bond acceptors (Lipinski definition) is 8. The van der Waals surface area contributed by atoms with Gasteiger partial charge in [-0.2, -0.15) is 0 Å². The van der Waals surface area contributed by atoms with Crippen molar-refractivity contribution in [3.8, 4) is 5.75 Å². The van der Waals surface area contributed by atoms with Crippen LogP contribution in [0.15, 0.2) is 18.2 Å². The van der Waals surface area contributed by atoms with Crippen LogP contribution < -0.4 is 4.74 Å². The highest BCUT2D eigenvalue weighted by atomic mass is 33.1. The molecule has 0 amide bonds. The van der Waals surface area contributed by atoms with Crippen LogP contribution in [0.4, 0.5) is 0 Å². The van der Waals surface area contributed by atoms with E-state index in [0.29, 0.717) is 16.4 Å². The summed E-state index contributed by atoms with van der Waals surface area (Å²) in [5, 5.41) is 43.3. The van der Waals surface area contributed by atoms with E-state index in [4.69, 9.17) is 20.1 Å². The first-order chi connectivity index (χ1) is 14.5. The molecule has 11 nitrogen and oxygen atoms in total. The van der Waals surface area contributed by atoms with Crippen LogP contribution in [0.25, 0.3) is 0 Å². The van der Waals surface area contributed by atoms with Crippen LogP contribution in [0, 0.1) is 5.92 Å². The third-order valence-electron chi connectivity index (χ3n) is 3.97. The van der Waals surface area contributed by atoms with Crippen LogP contribution in [-0.4, -0.2) is 67.7 Å². The lowest BCUT2D eigenvalue weighted by molar-refractivity contribution is -0.148. The Morgan fingerprint density at radius 1 is 0.871 bits per heavy atom. The first kappa shape index (κ1) is 26.1. The molecule has 1 aromatic carbocycles. The minimum atomic E-state index is -1.48. The van der Waals surface area contributed by atoms with Gasteiger partial charge in [0.1, 0.15) is 11.0 Å². The highest BCUT2D eigenvalue weighted by molar-refractivity contribution is 8.77. The summed E-state index contributed by atoms with van der Waals surface area (Å²) in [5.74, 6) is -8.09. The van der Waals surface area contributed by atoms with Crippen LogP contribution in [0.3, 0.4) is 0 Å². The number of methoxy groups -OCH3 is 1. The molecule has 3 unspecified atom stereocenters. The van der Waals surface area contributed by atoms with Crippen molar-refractivity contribution in [3.63, 3.8) is 0 Å². The monoisotopic (exact) mass is 476 g/mol. The largest absolute Gasteiger partial charge is 0.496 e. The Balaban J connectivity index is 3.36. The van der Waals surface area contributed by atoms with E-state index in [1.165, 1.54) is 25.3 Å². The lowest BCUT2D eigenvalue weighted by atomic mass is 9.94. The van der Waals surface area contributed by atoms with Crippen molar-refractivity contribution in [2.75, 3.05) is 7.11 Å². The van der Waals surface area contributed by atoms with Crippen LogP contribution in [-0.2, 0) is 30.4 Å². The number of carboxylic acids is 5. The zero-order chi connectivity index (χ0) is 23.7. The van der Waals surface area contributed by atoms with Crippen LogP contribution in [0.2, 0.25) is 0 Å². The Bertz CT molecular complexity index is 855. The zero-order valence-electron chi connectivity index (χ0n) is 16.1. The second-order valence-electron chi connectivity index (χ2n) is 6.22. The Hall–Kier alpha value is -2.93. The van der Waals surface area contributed by atoms with Crippen molar-refractivity contribution in [1.29, 1.82) is 0 Å². The van der Waals surface area contributed by atoms with Gasteiger partial charge in [-0.3, -0.25) is 24.0 Å². The van der Waals surface area contributed by atoms with Crippen LogP contribution in [0.5, 0.6) is 5.75 Å². The van der Waals surface area contributed by atoms with Crippen molar-refractivity contribution < 1.29 is 54.2 Å². The molecule has 0 aliphatic heterocycles. The van der Waals surface area contributed by atoms with Gasteiger partial charge in [-0.15, -0.1) is 0 Å². The molecule has 0 bridgehead atoms. The van der Waals surface area contributed by atoms with Crippen molar-refractivity contribution in [2.45, 2.75) is 29.8 Å². The molecule has 0 saturated heterocycles. The molecule has 170 valence electrons. The van der Waals surface area contributed by atoms with Crippen molar-refractivity contribution in [3.05, 3.63) is 29.3 Å². The van der Waals surface area contributed by atoms with Gasteiger partial charge in [0.05, 0.1) is 37.5 Å². The lowest BCUT2D eigenvalue weighted by Crippen LogP contribution is -2.24. The second-order valence-corrected chi connectivity index (χ2v) is 8.84. The molecule has 31 heavy (non-hydrogen) atoms. The van der Waals surface area contributed by atoms with Gasteiger partial charge >= 0.3 is 29.8 Å². The van der Waals surface area contributed by atoms with Crippen molar-refractivity contribution in [2.24, 2.45) is 5.92 Å². The zero-order valence-corrected chi connectivity index (χ0v) is 17.7. The number of aliphatic carboxylic acids is 5. The summed E-state index contributed by atoms with van der Waals surface area (Å²) < 4.78 is 5.16. The quantitative estimate of drug-likeness (QED) is 0.244. The highest BCUT2D eigenvalue weighted by Crippen LogP contribution is 2.47. The SMILES string of the molecule is COc1cc(C(SSC(CC(=O)O)C(=O)O)C(CC(=O)O)C(=O)O)ccc1CC(=O)O. The predicted molar refractivity (Wildman–Crippen MR) is 109 cm³/mol. The molecule has 0 heterocycles. The Labute approximate surface area is 183 Å². The molecule has 1 rings (SSSR count). The standard InChI is InChI=1S/C18H20O11S2/c1-29-11-4-9(3-2-8(11)5-13(19)20)16(10(17(25)26)6-14(21)22)31-30-12(18(27)28)7-15(23)24/h2-4,10,12,16H,5-7H2,1H3,(H,19,20)(H,21,22)(H,23,24)(H,25,26)(H,27,28). The molecule has 0 radical (unpaired) electrons. The summed E-state index contributed by atoms with van der Waals surface area (Å²) in [6.07, 6.45) is -1.87. The highest BCUT2D eigenvalue weighted by Gasteiger charge is 2.35. The molecular weight excluding hydrogens is 456 g/mol. The summed E-state index contributed by atoms with van der Waals surface area (Å²) in [6, 6.07) is 4.16. The second kappa shape index (κ2) is 12.1. The fourth-order valence-corrected chi connectivity index (χ4v) is 5.66. The minimum Gasteiger partial charge on any atom is -0.496 e. The maximum Gasteiger partial charge on any atom is 0.318 e. The molecule has 5 N–H and O–H groups in total. The lowest BCUT2D eigenvalue weighted by Gasteiger charge is -2.24. The number of carboxylic acid groups (broad SMARTS) is 5. The average Bonchev–Trinajstić information content (AvgIpc) is 2.65. The summed E-state index contributed by atoms with van der Waals surface area (Å²) in [5.41, 5.74) is 0.561. The summed E-state index contributed by atoms with van der Waals surface area (Å²) >= 11 is 0. The molecule has 0 fully saturated rings. The van der Waals surface area contributed by atoms with Gasteiger partial charge in [-0.05, 0) is 11.6 Å². The fourth-order valence-electron chi connectivity index (χ4n) is 2.56. The molecular formula is C18H20O11S2. The number of rotatable bonds is 14. The number of hydrogen-bond donors (Lipinski definition) is 5. The number of carbonyl (C=O) groups is 5. The van der Waals surface area contributed by atoms with Gasteiger partial charge in [0.15, 0.2) is 0 Å². The van der Waals surface area contributed by atoms with E-state index in [1.54, 1.807) is 0 Å². The van der Waals surface area contributed by atoms with Gasteiger partial charge in [0.25, 0.3) is 0 Å². The molecule has 0 aromatic heterocycles. The molecule has 3 atom stereocenters. The smallest absolute Gasteiger partial charge is 0.318 e. The number of ether oxygens (including phenoxy) is 1. The Morgan fingerprint density at radius 2 is 1.48 bits per heavy atom. The molecule has 0 spiro atoms. The Morgan fingerprint density at radius 3 is 1.94 bits per heavy atom. The third kappa shape index (κ3) is 8.38. The maximum absolute atomic E-state index is 11.8. The van der Waals surface area contributed by atoms with Gasteiger partial charge < -0.3 is 30.3 Å². The fraction of sp³-hybridized carbons (Fsp3) is 0.389. The van der Waals surface area contributed by atoms with E-state index < -0.39 is 59.1 Å². The van der Waals surface area contributed by atoms with Crippen LogP contribution >= 0.6 is 21.6 Å². The topological polar surface area (TPSA) is 196 Å². The summed E-state index contributed by atoms with van der Waals surface area (Å²) in [4.78, 5) is 56.2. The molecule has 0 saturated carbocycles. The van der Waals surface area contributed by atoms with Crippen molar-refractivity contribution in [1.82, 2.24) is 0 Å². The predicted octanol–water partition coefficient (Wildman–Crippen LogP) is 1.85. The van der Waals surface area contributed by atoms with Crippen LogP contribution in [0.1, 0.15) is 29.2 Å². The Kier molecular flexibility index (Phi) is 10.1. The summed E-state index contributed by atoms with van der Waals surface area (Å²) in [7, 11) is 2.61. The van der Waals surface area contributed by atoms with E-state index in [-0.39, 0.29) is 17.7 Å². The van der Waals surface area contributed by atoms with Crippen molar-refractivity contribution >= 4 is 51.4 Å². The minimum absolute atomic E-state index is 0.135. The van der Waals surface area contributed by atoms with E-state index in [9.17, 15) is 34.2 Å². The van der Waals surface area contributed by atoms with E-state index in [1.807, 2.05) is 0 Å². The molecule has 0 aliphatic rings. The van der Waals surface area contributed by atoms with E-state index in [0.717, 1.165) is 10.8 Å². The first-order valence-corrected chi connectivity index (χ1v) is 10.8. The first-order valence-electron chi connectivity index (χ1n) is 8.56. The maximum atomic E-state index is 11.8. The van der Waals surface area contributed by atoms with Gasteiger partial charge in [-0.1, -0.05) is 33.7 Å². The molecule has 1 aromatic rings. The van der Waals surface area contributed by atoms with Gasteiger partial charge in [-0.25, -0.2) is 0 Å². The van der Waals surface area contributed by atoms with Gasteiger partial charge in [0, 0.05) is 5.56 Å². The molecule has 0 aliphatic carbocycles.